The monoisotopic (exact) mass is 384 g/mol. The Balaban J connectivity index is 1.68. The number of nitrogens with zero attached hydrogens (tertiary/aromatic N) is 1. The average molecular weight is 385 g/mol. The van der Waals surface area contributed by atoms with Gasteiger partial charge in [-0.1, -0.05) is 29.3 Å². The SMILES string of the molecule is O=C(CN(Cc1c(F)cccc1Cl)C1CC1)Nc1ccc(F)cc1Cl. The third kappa shape index (κ3) is 4.69. The van der Waals surface area contributed by atoms with Crippen LogP contribution in [-0.4, -0.2) is 23.4 Å². The first-order chi connectivity index (χ1) is 11.9. The van der Waals surface area contributed by atoms with Crippen molar-refractivity contribution in [1.82, 2.24) is 4.90 Å². The highest BCUT2D eigenvalue weighted by molar-refractivity contribution is 6.33. The molecule has 0 saturated heterocycles. The van der Waals surface area contributed by atoms with Gasteiger partial charge in [-0.3, -0.25) is 9.69 Å². The van der Waals surface area contributed by atoms with Crippen LogP contribution in [0.3, 0.4) is 0 Å². The highest BCUT2D eigenvalue weighted by atomic mass is 35.5. The van der Waals surface area contributed by atoms with E-state index >= 15 is 0 Å². The summed E-state index contributed by atoms with van der Waals surface area (Å²) in [6.45, 7) is 0.323. The number of carbonyl (C=O) groups excluding carboxylic acids is 1. The quantitative estimate of drug-likeness (QED) is 0.769. The molecule has 7 heteroatoms. The van der Waals surface area contributed by atoms with Crippen molar-refractivity contribution in [3.63, 3.8) is 0 Å². The van der Waals surface area contributed by atoms with Crippen LogP contribution in [0, 0.1) is 11.6 Å². The molecule has 0 aliphatic heterocycles. The largest absolute Gasteiger partial charge is 0.324 e. The molecule has 132 valence electrons. The van der Waals surface area contributed by atoms with E-state index in [2.05, 4.69) is 5.32 Å². The lowest BCUT2D eigenvalue weighted by atomic mass is 10.2. The van der Waals surface area contributed by atoms with E-state index in [1.807, 2.05) is 4.90 Å². The number of benzene rings is 2. The van der Waals surface area contributed by atoms with E-state index in [1.165, 1.54) is 18.2 Å². The molecule has 0 spiro atoms. The first-order valence-electron chi connectivity index (χ1n) is 7.86. The van der Waals surface area contributed by atoms with Crippen LogP contribution in [0.25, 0.3) is 0 Å². The third-order valence-corrected chi connectivity index (χ3v) is 4.70. The van der Waals surface area contributed by atoms with E-state index < -0.39 is 5.82 Å². The molecule has 0 aromatic heterocycles. The molecule has 25 heavy (non-hydrogen) atoms. The minimum atomic E-state index is -0.475. The fourth-order valence-electron chi connectivity index (χ4n) is 2.61. The van der Waals surface area contributed by atoms with Crippen LogP contribution >= 0.6 is 23.2 Å². The Morgan fingerprint density at radius 1 is 1.16 bits per heavy atom. The van der Waals surface area contributed by atoms with Crippen molar-refractivity contribution in [3.05, 3.63) is 63.6 Å². The summed E-state index contributed by atoms with van der Waals surface area (Å²) < 4.78 is 27.1. The van der Waals surface area contributed by atoms with Crippen LogP contribution in [0.15, 0.2) is 36.4 Å². The van der Waals surface area contributed by atoms with Gasteiger partial charge in [0.1, 0.15) is 11.6 Å². The Morgan fingerprint density at radius 3 is 2.56 bits per heavy atom. The van der Waals surface area contributed by atoms with Gasteiger partial charge in [-0.15, -0.1) is 0 Å². The predicted molar refractivity (Wildman–Crippen MR) is 94.9 cm³/mol. The molecule has 3 rings (SSSR count). The molecule has 0 unspecified atom stereocenters. The fourth-order valence-corrected chi connectivity index (χ4v) is 3.04. The second-order valence-electron chi connectivity index (χ2n) is 6.01. The first-order valence-corrected chi connectivity index (χ1v) is 8.61. The summed E-state index contributed by atoms with van der Waals surface area (Å²) >= 11 is 12.0. The zero-order chi connectivity index (χ0) is 18.0. The van der Waals surface area contributed by atoms with Crippen LogP contribution in [0.5, 0.6) is 0 Å². The van der Waals surface area contributed by atoms with Crippen molar-refractivity contribution in [2.24, 2.45) is 0 Å². The minimum Gasteiger partial charge on any atom is -0.324 e. The van der Waals surface area contributed by atoms with Gasteiger partial charge in [-0.05, 0) is 43.2 Å². The van der Waals surface area contributed by atoms with Crippen LogP contribution < -0.4 is 5.32 Å². The molecule has 1 N–H and O–H groups in total. The lowest BCUT2D eigenvalue weighted by Crippen LogP contribution is -2.35. The Hall–Kier alpha value is -1.69. The van der Waals surface area contributed by atoms with Crippen molar-refractivity contribution in [1.29, 1.82) is 0 Å². The summed E-state index contributed by atoms with van der Waals surface area (Å²) in [7, 11) is 0. The van der Waals surface area contributed by atoms with E-state index in [0.717, 1.165) is 18.9 Å². The summed E-state index contributed by atoms with van der Waals surface area (Å²) in [5, 5.41) is 3.13. The van der Waals surface area contributed by atoms with Gasteiger partial charge in [0.05, 0.1) is 17.3 Å². The Kier molecular flexibility index (Phi) is 5.57. The maximum atomic E-state index is 14.0. The normalized spacial score (nSPS) is 14.0. The summed E-state index contributed by atoms with van der Waals surface area (Å²) in [6, 6.07) is 8.52. The van der Waals surface area contributed by atoms with Gasteiger partial charge in [-0.25, -0.2) is 8.78 Å². The Bertz CT molecular complexity index is 776. The van der Waals surface area contributed by atoms with E-state index in [4.69, 9.17) is 23.2 Å². The molecule has 0 atom stereocenters. The van der Waals surface area contributed by atoms with Gasteiger partial charge >= 0.3 is 0 Å². The number of amides is 1. The number of carbonyl (C=O) groups is 1. The number of rotatable bonds is 6. The number of hydrogen-bond acceptors (Lipinski definition) is 2. The number of halogens is 4. The smallest absolute Gasteiger partial charge is 0.238 e. The summed E-state index contributed by atoms with van der Waals surface area (Å²) in [5.41, 5.74) is 0.719. The second kappa shape index (κ2) is 7.68. The van der Waals surface area contributed by atoms with Crippen molar-refractivity contribution >= 4 is 34.8 Å². The molecule has 0 heterocycles. The standard InChI is InChI=1S/C18H16Cl2F2N2O/c19-14-2-1-3-16(22)13(14)9-24(12-5-6-12)10-18(25)23-17-7-4-11(21)8-15(17)20/h1-4,7-8,12H,5-6,9-10H2,(H,23,25). The molecule has 1 saturated carbocycles. The number of hydrogen-bond donors (Lipinski definition) is 1. The molecule has 0 radical (unpaired) electrons. The van der Waals surface area contributed by atoms with Gasteiger partial charge in [-0.2, -0.15) is 0 Å². The Labute approximate surface area is 154 Å². The molecule has 0 bridgehead atoms. The first kappa shape index (κ1) is 18.1. The van der Waals surface area contributed by atoms with Gasteiger partial charge < -0.3 is 5.32 Å². The lowest BCUT2D eigenvalue weighted by molar-refractivity contribution is -0.117. The molecule has 2 aromatic carbocycles. The van der Waals surface area contributed by atoms with E-state index in [0.29, 0.717) is 16.3 Å². The van der Waals surface area contributed by atoms with Crippen LogP contribution in [0.4, 0.5) is 14.5 Å². The second-order valence-corrected chi connectivity index (χ2v) is 6.82. The van der Waals surface area contributed by atoms with Crippen LogP contribution in [0.1, 0.15) is 18.4 Å². The van der Waals surface area contributed by atoms with Crippen molar-refractivity contribution in [2.45, 2.75) is 25.4 Å². The van der Waals surface area contributed by atoms with Crippen molar-refractivity contribution < 1.29 is 13.6 Å². The number of anilines is 1. The minimum absolute atomic E-state index is 0.0725. The lowest BCUT2D eigenvalue weighted by Gasteiger charge is -2.22. The zero-order valence-electron chi connectivity index (χ0n) is 13.2. The highest BCUT2D eigenvalue weighted by Crippen LogP contribution is 2.30. The predicted octanol–water partition coefficient (Wildman–Crippen LogP) is 4.87. The van der Waals surface area contributed by atoms with Gasteiger partial charge in [0.15, 0.2) is 0 Å². The molecule has 1 aliphatic rings. The average Bonchev–Trinajstić information content (AvgIpc) is 3.37. The van der Waals surface area contributed by atoms with Crippen molar-refractivity contribution in [2.75, 3.05) is 11.9 Å². The molecule has 2 aromatic rings. The summed E-state index contributed by atoms with van der Waals surface area (Å²) in [5.74, 6) is -1.16. The van der Waals surface area contributed by atoms with Crippen LogP contribution in [0.2, 0.25) is 10.0 Å². The molecule has 1 amide bonds. The van der Waals surface area contributed by atoms with E-state index in [-0.39, 0.29) is 35.9 Å². The highest BCUT2D eigenvalue weighted by Gasteiger charge is 2.31. The van der Waals surface area contributed by atoms with Gasteiger partial charge in [0.25, 0.3) is 0 Å². The maximum Gasteiger partial charge on any atom is 0.238 e. The molecule has 1 fully saturated rings. The molecule has 3 nitrogen and oxygen atoms in total. The van der Waals surface area contributed by atoms with E-state index in [1.54, 1.807) is 12.1 Å². The number of nitrogens with one attached hydrogen (secondary N) is 1. The molecule has 1 aliphatic carbocycles. The fraction of sp³-hybridized carbons (Fsp3) is 0.278. The summed E-state index contributed by atoms with van der Waals surface area (Å²) in [4.78, 5) is 14.2. The molecular formula is C18H16Cl2F2N2O. The topological polar surface area (TPSA) is 32.3 Å². The third-order valence-electron chi connectivity index (χ3n) is 4.04. The Morgan fingerprint density at radius 2 is 1.92 bits per heavy atom. The van der Waals surface area contributed by atoms with Gasteiger partial charge in [0.2, 0.25) is 5.91 Å². The zero-order valence-corrected chi connectivity index (χ0v) is 14.7. The summed E-state index contributed by atoms with van der Waals surface area (Å²) in [6.07, 6.45) is 1.91. The van der Waals surface area contributed by atoms with Gasteiger partial charge in [0, 0.05) is 23.2 Å². The van der Waals surface area contributed by atoms with Crippen molar-refractivity contribution in [3.8, 4) is 0 Å². The maximum absolute atomic E-state index is 14.0. The van der Waals surface area contributed by atoms with Crippen LogP contribution in [-0.2, 0) is 11.3 Å². The van der Waals surface area contributed by atoms with E-state index in [9.17, 15) is 13.6 Å². The molecular weight excluding hydrogens is 369 g/mol.